The lowest BCUT2D eigenvalue weighted by molar-refractivity contribution is -0.135. The molecule has 3 aromatic rings. The number of pyridine rings is 1. The zero-order valence-electron chi connectivity index (χ0n) is 24.0. The molecule has 9 nitrogen and oxygen atoms in total. The van der Waals surface area contributed by atoms with Crippen LogP contribution in [-0.2, 0) is 18.5 Å². The Bertz CT molecular complexity index is 1500. The molecule has 2 aliphatic rings. The normalized spacial score (nSPS) is 17.6. The van der Waals surface area contributed by atoms with Crippen molar-refractivity contribution in [3.8, 4) is 5.75 Å². The van der Waals surface area contributed by atoms with Crippen LogP contribution >= 0.6 is 0 Å². The van der Waals surface area contributed by atoms with Crippen molar-refractivity contribution in [3.63, 3.8) is 0 Å². The van der Waals surface area contributed by atoms with Crippen LogP contribution in [0.5, 0.6) is 5.75 Å². The van der Waals surface area contributed by atoms with E-state index in [-0.39, 0.29) is 31.0 Å². The molecule has 0 radical (unpaired) electrons. The molecule has 1 aromatic carbocycles. The van der Waals surface area contributed by atoms with E-state index in [4.69, 9.17) is 11.3 Å². The van der Waals surface area contributed by atoms with Gasteiger partial charge in [-0.25, -0.2) is 18.6 Å². The second-order valence-electron chi connectivity index (χ2n) is 11.3. The van der Waals surface area contributed by atoms with Crippen molar-refractivity contribution < 1.29 is 18.3 Å². The molecule has 1 aliphatic carbocycles. The second kappa shape index (κ2) is 10.7. The van der Waals surface area contributed by atoms with E-state index in [0.717, 1.165) is 16.7 Å². The Morgan fingerprint density at radius 1 is 1.24 bits per heavy atom. The molecule has 216 valence electrons. The van der Waals surface area contributed by atoms with Gasteiger partial charge in [-0.05, 0) is 56.8 Å². The third-order valence-electron chi connectivity index (χ3n) is 7.93. The van der Waals surface area contributed by atoms with Gasteiger partial charge >= 0.3 is 0 Å². The molecule has 1 aliphatic heterocycles. The Kier molecular flexibility index (Phi) is 7.46. The van der Waals surface area contributed by atoms with Gasteiger partial charge in [0, 0.05) is 62.5 Å². The first-order chi connectivity index (χ1) is 19.5. The molecule has 5 rings (SSSR count). The minimum atomic E-state index is -2.79. The van der Waals surface area contributed by atoms with Crippen LogP contribution in [0.1, 0.15) is 65.5 Å². The Balaban J connectivity index is 1.61. The van der Waals surface area contributed by atoms with E-state index in [1.807, 2.05) is 55.7 Å². The number of alkyl halides is 2. The van der Waals surface area contributed by atoms with Crippen molar-refractivity contribution in [1.82, 2.24) is 24.3 Å². The second-order valence-corrected chi connectivity index (χ2v) is 11.3. The fraction of sp³-hybridized carbons (Fsp3) is 0.467. The largest absolute Gasteiger partial charge is 0.505 e. The standard InChI is InChI=1S/C30H35F2N7O2/c1-7-41-25-12-23(36-13-24(25)33-3)19(2)39-18-29(16-30(31,32)17-29)26-21(15-37(5)6)10-20(11-22(26)27(39)40)14-38-9-8-35-28(38)34-4/h8-13,19H,7,14-18H2,1-2,4-6H3,(H,34,35)/t19-/m0/s1. The van der Waals surface area contributed by atoms with Crippen LogP contribution in [0, 0.1) is 6.57 Å². The summed E-state index contributed by atoms with van der Waals surface area (Å²) in [6.45, 7) is 12.6. The number of fused-ring (bicyclic) bond motifs is 2. The highest BCUT2D eigenvalue weighted by Crippen LogP contribution is 2.58. The molecule has 2 aromatic heterocycles. The molecule has 0 unspecified atom stereocenters. The zero-order chi connectivity index (χ0) is 29.5. The maximum atomic E-state index is 14.7. The van der Waals surface area contributed by atoms with Crippen molar-refractivity contribution in [3.05, 3.63) is 76.2 Å². The number of nitrogens with one attached hydrogen (secondary N) is 1. The van der Waals surface area contributed by atoms with Crippen LogP contribution in [0.4, 0.5) is 20.4 Å². The molecule has 1 fully saturated rings. The van der Waals surface area contributed by atoms with Crippen LogP contribution in [0.15, 0.2) is 36.8 Å². The van der Waals surface area contributed by atoms with Crippen LogP contribution in [0.2, 0.25) is 0 Å². The summed E-state index contributed by atoms with van der Waals surface area (Å²) in [6, 6.07) is 5.06. The van der Waals surface area contributed by atoms with Crippen molar-refractivity contribution >= 4 is 17.5 Å². The molecular formula is C30H35F2N7O2. The molecule has 1 N–H and O–H groups in total. The molecule has 1 spiro atoms. The summed E-state index contributed by atoms with van der Waals surface area (Å²) in [6.07, 6.45) is 4.37. The average Bonchev–Trinajstić information content (AvgIpc) is 3.35. The Morgan fingerprint density at radius 2 is 2.00 bits per heavy atom. The van der Waals surface area contributed by atoms with Crippen LogP contribution in [-0.4, -0.2) is 70.5 Å². The predicted molar refractivity (Wildman–Crippen MR) is 152 cm³/mol. The summed E-state index contributed by atoms with van der Waals surface area (Å²) in [5.41, 5.74) is 2.93. The Morgan fingerprint density at radius 3 is 2.63 bits per heavy atom. The molecule has 0 bridgehead atoms. The molecule has 0 saturated heterocycles. The number of benzene rings is 1. The summed E-state index contributed by atoms with van der Waals surface area (Å²) < 4.78 is 36.9. The van der Waals surface area contributed by atoms with Crippen molar-refractivity contribution in [1.29, 1.82) is 0 Å². The summed E-state index contributed by atoms with van der Waals surface area (Å²) in [4.78, 5) is 30.2. The number of rotatable bonds is 9. The van der Waals surface area contributed by atoms with Crippen molar-refractivity contribution in [2.24, 2.45) is 0 Å². The van der Waals surface area contributed by atoms with Gasteiger partial charge in [0.05, 0.1) is 31.5 Å². The van der Waals surface area contributed by atoms with E-state index >= 15 is 0 Å². The fourth-order valence-corrected chi connectivity index (χ4v) is 6.34. The summed E-state index contributed by atoms with van der Waals surface area (Å²) >= 11 is 0. The van der Waals surface area contributed by atoms with E-state index in [1.54, 1.807) is 24.2 Å². The number of carbonyl (C=O) groups excluding carboxylic acids is 1. The van der Waals surface area contributed by atoms with E-state index in [9.17, 15) is 13.6 Å². The predicted octanol–water partition coefficient (Wildman–Crippen LogP) is 5.26. The third-order valence-corrected chi connectivity index (χ3v) is 7.93. The minimum absolute atomic E-state index is 0.164. The van der Waals surface area contributed by atoms with Gasteiger partial charge in [-0.15, -0.1) is 0 Å². The van der Waals surface area contributed by atoms with Crippen LogP contribution < -0.4 is 10.1 Å². The zero-order valence-corrected chi connectivity index (χ0v) is 24.0. The molecule has 41 heavy (non-hydrogen) atoms. The van der Waals surface area contributed by atoms with Gasteiger partial charge in [-0.2, -0.15) is 0 Å². The van der Waals surface area contributed by atoms with E-state index in [0.29, 0.717) is 42.7 Å². The Labute approximate surface area is 239 Å². The van der Waals surface area contributed by atoms with Crippen LogP contribution in [0.3, 0.4) is 0 Å². The topological polar surface area (TPSA) is 79.9 Å². The molecule has 1 amide bonds. The summed E-state index contributed by atoms with van der Waals surface area (Å²) in [5.74, 6) is -1.93. The molecule has 1 saturated carbocycles. The first kappa shape index (κ1) is 28.5. The first-order valence-electron chi connectivity index (χ1n) is 13.7. The first-order valence-corrected chi connectivity index (χ1v) is 13.7. The van der Waals surface area contributed by atoms with Crippen molar-refractivity contribution in [2.75, 3.05) is 39.6 Å². The number of halogens is 2. The number of ether oxygens (including phenoxy) is 1. The van der Waals surface area contributed by atoms with Gasteiger partial charge in [0.15, 0.2) is 0 Å². The number of anilines is 1. The maximum absolute atomic E-state index is 14.7. The number of aromatic nitrogens is 3. The quantitative estimate of drug-likeness (QED) is 0.358. The average molecular weight is 564 g/mol. The smallest absolute Gasteiger partial charge is 0.254 e. The molecule has 1 atom stereocenters. The molecule has 11 heteroatoms. The SMILES string of the molecule is [C-]#[N+]c1cnc([C@H](C)N2CC3(CC(F)(F)C3)c3c(CN(C)C)cc(Cn4ccnc4NC)cc3C2=O)cc1OCC. The van der Waals surface area contributed by atoms with Gasteiger partial charge in [-0.1, -0.05) is 6.07 Å². The third kappa shape index (κ3) is 5.24. The van der Waals surface area contributed by atoms with E-state index in [2.05, 4.69) is 20.1 Å². The highest BCUT2D eigenvalue weighted by molar-refractivity contribution is 5.98. The van der Waals surface area contributed by atoms with E-state index < -0.39 is 17.4 Å². The van der Waals surface area contributed by atoms with Gasteiger partial charge in [0.2, 0.25) is 17.6 Å². The lowest BCUT2D eigenvalue weighted by Gasteiger charge is -2.54. The monoisotopic (exact) mass is 563 g/mol. The molecule has 3 heterocycles. The number of imidazole rings is 1. The van der Waals surface area contributed by atoms with Gasteiger partial charge < -0.3 is 24.4 Å². The van der Waals surface area contributed by atoms with Gasteiger partial charge in [0.25, 0.3) is 5.91 Å². The fourth-order valence-electron chi connectivity index (χ4n) is 6.34. The van der Waals surface area contributed by atoms with Gasteiger partial charge in [0.1, 0.15) is 5.75 Å². The highest BCUT2D eigenvalue weighted by Gasteiger charge is 2.61. The lowest BCUT2D eigenvalue weighted by atomic mass is 9.58. The number of nitrogens with zero attached hydrogens (tertiary/aromatic N) is 6. The van der Waals surface area contributed by atoms with E-state index in [1.165, 1.54) is 6.20 Å². The molecular weight excluding hydrogens is 528 g/mol. The number of hydrogen-bond acceptors (Lipinski definition) is 6. The van der Waals surface area contributed by atoms with Gasteiger partial charge in [-0.3, -0.25) is 9.78 Å². The summed E-state index contributed by atoms with van der Waals surface area (Å²) in [5, 5.41) is 3.07. The van der Waals surface area contributed by atoms with Crippen LogP contribution in [0.25, 0.3) is 4.85 Å². The minimum Gasteiger partial charge on any atom is -0.505 e. The maximum Gasteiger partial charge on any atom is 0.254 e. The van der Waals surface area contributed by atoms with Crippen molar-refractivity contribution in [2.45, 2.75) is 57.2 Å². The number of hydrogen-bond donors (Lipinski definition) is 1. The highest BCUT2D eigenvalue weighted by atomic mass is 19.3. The Hall–Kier alpha value is -4.04. The number of carbonyl (C=O) groups is 1. The summed E-state index contributed by atoms with van der Waals surface area (Å²) in [7, 11) is 5.66. The number of amides is 1. The lowest BCUT2D eigenvalue weighted by Crippen LogP contribution is -2.60.